The van der Waals surface area contributed by atoms with Gasteiger partial charge in [0.15, 0.2) is 0 Å². The zero-order valence-electron chi connectivity index (χ0n) is 16.4. The van der Waals surface area contributed by atoms with Gasteiger partial charge in [0, 0.05) is 18.9 Å². The first-order chi connectivity index (χ1) is 14.4. The van der Waals surface area contributed by atoms with Crippen molar-refractivity contribution >= 4 is 44.7 Å². The standard InChI is InChI=1S/C21H21FN4O3S/c1-11-17-20(24-10-25-21(17)30-18(11)19(23)28)26-15-8-5-12(22)9-16(15)29-14-4-2-3-13(27)6-7-14/h5,8-10,14H,2-4,6-7H2,1H3,(H2,23,28)(H,24,25,26). The van der Waals surface area contributed by atoms with Crippen molar-refractivity contribution in [2.45, 2.75) is 45.1 Å². The Morgan fingerprint density at radius 2 is 2.13 bits per heavy atom. The van der Waals surface area contributed by atoms with Crippen LogP contribution in [0.2, 0.25) is 0 Å². The number of nitrogens with zero attached hydrogens (tertiary/aromatic N) is 2. The molecule has 1 atom stereocenters. The highest BCUT2D eigenvalue weighted by Gasteiger charge is 2.21. The van der Waals surface area contributed by atoms with Crippen LogP contribution in [0.25, 0.3) is 10.2 Å². The Hall–Kier alpha value is -3.07. The van der Waals surface area contributed by atoms with Crippen LogP contribution in [0.15, 0.2) is 24.5 Å². The highest BCUT2D eigenvalue weighted by molar-refractivity contribution is 7.20. The minimum Gasteiger partial charge on any atom is -0.488 e. The van der Waals surface area contributed by atoms with Gasteiger partial charge in [0.2, 0.25) is 0 Å². The van der Waals surface area contributed by atoms with Crippen LogP contribution in [-0.4, -0.2) is 27.8 Å². The van der Waals surface area contributed by atoms with Gasteiger partial charge >= 0.3 is 0 Å². The number of halogens is 1. The lowest BCUT2D eigenvalue weighted by molar-refractivity contribution is -0.119. The number of aromatic nitrogens is 2. The number of thiophene rings is 1. The number of anilines is 2. The molecule has 7 nitrogen and oxygen atoms in total. The molecule has 156 valence electrons. The summed E-state index contributed by atoms with van der Waals surface area (Å²) >= 11 is 1.21. The maximum Gasteiger partial charge on any atom is 0.259 e. The van der Waals surface area contributed by atoms with Gasteiger partial charge < -0.3 is 15.8 Å². The summed E-state index contributed by atoms with van der Waals surface area (Å²) in [6, 6.07) is 4.24. The van der Waals surface area contributed by atoms with E-state index in [1.165, 1.54) is 29.8 Å². The molecule has 9 heteroatoms. The third kappa shape index (κ3) is 4.11. The molecule has 1 aliphatic rings. The number of aryl methyl sites for hydroxylation is 1. The summed E-state index contributed by atoms with van der Waals surface area (Å²) in [6.07, 6.45) is 4.38. The molecule has 1 unspecified atom stereocenters. The molecule has 3 N–H and O–H groups in total. The number of benzene rings is 1. The summed E-state index contributed by atoms with van der Waals surface area (Å²) in [5, 5.41) is 3.88. The van der Waals surface area contributed by atoms with Gasteiger partial charge in [-0.25, -0.2) is 14.4 Å². The van der Waals surface area contributed by atoms with Crippen LogP contribution in [0.4, 0.5) is 15.9 Å². The minimum absolute atomic E-state index is 0.159. The highest BCUT2D eigenvalue weighted by atomic mass is 32.1. The highest BCUT2D eigenvalue weighted by Crippen LogP contribution is 2.37. The zero-order valence-corrected chi connectivity index (χ0v) is 17.2. The van der Waals surface area contributed by atoms with Crippen LogP contribution in [0.5, 0.6) is 5.75 Å². The number of nitrogens with two attached hydrogens (primary N) is 1. The van der Waals surface area contributed by atoms with E-state index in [1.54, 1.807) is 13.0 Å². The lowest BCUT2D eigenvalue weighted by Crippen LogP contribution is -2.16. The number of carbonyl (C=O) groups excluding carboxylic acids is 2. The monoisotopic (exact) mass is 428 g/mol. The normalized spacial score (nSPS) is 17.0. The number of primary amides is 1. The quantitative estimate of drug-likeness (QED) is 0.588. The maximum absolute atomic E-state index is 14.0. The largest absolute Gasteiger partial charge is 0.488 e. The first kappa shape index (κ1) is 20.2. The number of amides is 1. The van der Waals surface area contributed by atoms with Crippen LogP contribution in [0.3, 0.4) is 0 Å². The van der Waals surface area contributed by atoms with E-state index >= 15 is 0 Å². The molecule has 0 aliphatic heterocycles. The first-order valence-electron chi connectivity index (χ1n) is 9.71. The minimum atomic E-state index is -0.518. The molecular weight excluding hydrogens is 407 g/mol. The fourth-order valence-corrected chi connectivity index (χ4v) is 4.64. The molecule has 0 radical (unpaired) electrons. The van der Waals surface area contributed by atoms with Gasteiger partial charge in [0.05, 0.1) is 22.1 Å². The Bertz CT molecular complexity index is 1130. The SMILES string of the molecule is Cc1c(C(N)=O)sc2ncnc(Nc3ccc(F)cc3OC3CCCC(=O)CC3)c12. The van der Waals surface area contributed by atoms with E-state index in [9.17, 15) is 14.0 Å². The second-order valence-corrected chi connectivity index (χ2v) is 8.30. The summed E-state index contributed by atoms with van der Waals surface area (Å²) in [4.78, 5) is 33.0. The van der Waals surface area contributed by atoms with Gasteiger partial charge in [-0.1, -0.05) is 0 Å². The summed E-state index contributed by atoms with van der Waals surface area (Å²) < 4.78 is 20.0. The van der Waals surface area contributed by atoms with Gasteiger partial charge in [0.1, 0.15) is 34.3 Å². The third-order valence-electron chi connectivity index (χ3n) is 5.17. The number of ketones is 1. The summed E-state index contributed by atoms with van der Waals surface area (Å²) in [6.45, 7) is 1.79. The number of Topliss-reactive ketones (excluding diaryl/α,β-unsaturated/α-hetero) is 1. The Morgan fingerprint density at radius 1 is 1.30 bits per heavy atom. The zero-order chi connectivity index (χ0) is 21.3. The number of hydrogen-bond donors (Lipinski definition) is 2. The number of hydrogen-bond acceptors (Lipinski definition) is 7. The number of nitrogens with one attached hydrogen (secondary N) is 1. The third-order valence-corrected chi connectivity index (χ3v) is 6.38. The van der Waals surface area contributed by atoms with Gasteiger partial charge in [-0.15, -0.1) is 11.3 Å². The summed E-state index contributed by atoms with van der Waals surface area (Å²) in [5.74, 6) is 0.129. The molecule has 0 saturated heterocycles. The van der Waals surface area contributed by atoms with Crippen molar-refractivity contribution in [1.82, 2.24) is 9.97 Å². The van der Waals surface area contributed by atoms with Crippen LogP contribution < -0.4 is 15.8 Å². The van der Waals surface area contributed by atoms with Gasteiger partial charge in [-0.05, 0) is 43.9 Å². The fourth-order valence-electron chi connectivity index (χ4n) is 3.64. The number of fused-ring (bicyclic) bond motifs is 1. The average Bonchev–Trinajstić information content (AvgIpc) is 2.92. The lowest BCUT2D eigenvalue weighted by atomic mass is 10.1. The van der Waals surface area contributed by atoms with E-state index < -0.39 is 11.7 Å². The molecule has 1 saturated carbocycles. The van der Waals surface area contributed by atoms with E-state index in [2.05, 4.69) is 15.3 Å². The molecule has 30 heavy (non-hydrogen) atoms. The first-order valence-corrected chi connectivity index (χ1v) is 10.5. The molecule has 4 rings (SSSR count). The van der Waals surface area contributed by atoms with E-state index in [0.29, 0.717) is 57.2 Å². The van der Waals surface area contributed by atoms with Gasteiger partial charge in [-0.3, -0.25) is 9.59 Å². The van der Waals surface area contributed by atoms with Crippen molar-refractivity contribution in [3.63, 3.8) is 0 Å². The number of ether oxygens (including phenoxy) is 1. The van der Waals surface area contributed by atoms with Crippen LogP contribution in [0, 0.1) is 12.7 Å². The molecule has 1 aromatic carbocycles. The molecule has 1 fully saturated rings. The topological polar surface area (TPSA) is 107 Å². The van der Waals surface area contributed by atoms with Crippen LogP contribution in [-0.2, 0) is 4.79 Å². The molecule has 2 heterocycles. The fraction of sp³-hybridized carbons (Fsp3) is 0.333. The molecule has 1 aliphatic carbocycles. The van der Waals surface area contributed by atoms with Crippen LogP contribution in [0.1, 0.15) is 47.3 Å². The molecule has 0 bridgehead atoms. The number of carbonyl (C=O) groups is 2. The predicted molar refractivity (Wildman–Crippen MR) is 113 cm³/mol. The molecule has 2 aromatic heterocycles. The van der Waals surface area contributed by atoms with Crippen molar-refractivity contribution in [3.8, 4) is 5.75 Å². The van der Waals surface area contributed by atoms with E-state index in [4.69, 9.17) is 10.5 Å². The average molecular weight is 428 g/mol. The Balaban J connectivity index is 1.67. The molecule has 3 aromatic rings. The van der Waals surface area contributed by atoms with E-state index in [-0.39, 0.29) is 11.9 Å². The van der Waals surface area contributed by atoms with Gasteiger partial charge in [0.25, 0.3) is 5.91 Å². The van der Waals surface area contributed by atoms with E-state index in [1.807, 2.05) is 0 Å². The Labute approximate surface area is 176 Å². The Kier molecular flexibility index (Phi) is 5.63. The molecule has 0 spiro atoms. The summed E-state index contributed by atoms with van der Waals surface area (Å²) in [5.41, 5.74) is 6.70. The van der Waals surface area contributed by atoms with Crippen molar-refractivity contribution in [1.29, 1.82) is 0 Å². The smallest absolute Gasteiger partial charge is 0.259 e. The van der Waals surface area contributed by atoms with Gasteiger partial charge in [-0.2, -0.15) is 0 Å². The van der Waals surface area contributed by atoms with Crippen molar-refractivity contribution in [2.75, 3.05) is 5.32 Å². The lowest BCUT2D eigenvalue weighted by Gasteiger charge is -2.20. The number of rotatable bonds is 5. The van der Waals surface area contributed by atoms with E-state index in [0.717, 1.165) is 12.8 Å². The predicted octanol–water partition coefficient (Wildman–Crippen LogP) is 4.26. The van der Waals surface area contributed by atoms with Crippen molar-refractivity contribution in [2.24, 2.45) is 5.73 Å². The molecular formula is C21H21FN4O3S. The van der Waals surface area contributed by atoms with Crippen molar-refractivity contribution < 1.29 is 18.7 Å². The van der Waals surface area contributed by atoms with Crippen LogP contribution >= 0.6 is 11.3 Å². The summed E-state index contributed by atoms with van der Waals surface area (Å²) in [7, 11) is 0. The second-order valence-electron chi connectivity index (χ2n) is 7.30. The van der Waals surface area contributed by atoms with Crippen molar-refractivity contribution in [3.05, 3.63) is 40.8 Å². The maximum atomic E-state index is 14.0. The molecule has 1 amide bonds. The Morgan fingerprint density at radius 3 is 2.93 bits per heavy atom. The second kappa shape index (κ2) is 8.35.